The molecule has 1 nitrogen and oxygen atoms in total. The van der Waals surface area contributed by atoms with Gasteiger partial charge in [-0.15, -0.1) is 0 Å². The van der Waals surface area contributed by atoms with Crippen LogP contribution < -0.4 is 5.73 Å². The molecule has 1 aromatic rings. The van der Waals surface area contributed by atoms with Gasteiger partial charge < -0.3 is 5.73 Å². The minimum atomic E-state index is -0.867. The Bertz CT molecular complexity index is 399. The highest BCUT2D eigenvalue weighted by atomic mass is 79.9. The molecule has 1 aromatic carbocycles. The number of hydrogen-bond acceptors (Lipinski definition) is 1. The molecule has 0 amide bonds. The Balaban J connectivity index is 2.83. The maximum absolute atomic E-state index is 13.3. The minimum Gasteiger partial charge on any atom is -0.324 e. The highest BCUT2D eigenvalue weighted by molar-refractivity contribution is 9.10. The van der Waals surface area contributed by atoms with Crippen LogP contribution in [0.4, 0.5) is 8.78 Å². The zero-order valence-corrected chi connectivity index (χ0v) is 11.9. The third-order valence-electron chi connectivity index (χ3n) is 2.67. The van der Waals surface area contributed by atoms with E-state index in [1.807, 2.05) is 0 Å². The van der Waals surface area contributed by atoms with Crippen molar-refractivity contribution in [2.45, 2.75) is 39.7 Å². The Hall–Kier alpha value is -0.480. The number of rotatable bonds is 3. The van der Waals surface area contributed by atoms with Gasteiger partial charge in [-0.1, -0.05) is 26.8 Å². The van der Waals surface area contributed by atoms with Gasteiger partial charge in [-0.3, -0.25) is 0 Å². The average molecular weight is 306 g/mol. The second-order valence-electron chi connectivity index (χ2n) is 5.47. The summed E-state index contributed by atoms with van der Waals surface area (Å²) in [5.74, 6) is -1.72. The summed E-state index contributed by atoms with van der Waals surface area (Å²) >= 11 is 3.06. The molecule has 0 saturated carbocycles. The van der Waals surface area contributed by atoms with Crippen LogP contribution in [0, 0.1) is 17.0 Å². The molecule has 17 heavy (non-hydrogen) atoms. The molecule has 0 fully saturated rings. The first kappa shape index (κ1) is 14.6. The standard InChI is InChI=1S/C13H18BrF2N/c1-13(2,3)7-6-10(17)8-4-5-9(15)12(16)11(8)14/h4-5,10H,6-7,17H2,1-3H3. The first-order valence-electron chi connectivity index (χ1n) is 5.61. The Kier molecular flexibility index (Phi) is 4.67. The fraction of sp³-hybridized carbons (Fsp3) is 0.538. The second-order valence-corrected chi connectivity index (χ2v) is 6.26. The lowest BCUT2D eigenvalue weighted by Crippen LogP contribution is -2.15. The van der Waals surface area contributed by atoms with Crippen LogP contribution in [0.25, 0.3) is 0 Å². The molecule has 1 unspecified atom stereocenters. The van der Waals surface area contributed by atoms with Gasteiger partial charge in [0.05, 0.1) is 4.47 Å². The molecule has 2 N–H and O–H groups in total. The van der Waals surface area contributed by atoms with E-state index in [1.165, 1.54) is 6.07 Å². The fourth-order valence-corrected chi connectivity index (χ4v) is 2.19. The first-order valence-corrected chi connectivity index (χ1v) is 6.40. The third-order valence-corrected chi connectivity index (χ3v) is 3.48. The molecule has 0 aliphatic heterocycles. The largest absolute Gasteiger partial charge is 0.324 e. The summed E-state index contributed by atoms with van der Waals surface area (Å²) in [7, 11) is 0. The number of benzene rings is 1. The molecule has 0 aliphatic carbocycles. The number of nitrogens with two attached hydrogens (primary N) is 1. The number of halogens is 3. The predicted octanol–water partition coefficient (Wildman–Crippen LogP) is 4.55. The van der Waals surface area contributed by atoms with E-state index in [4.69, 9.17) is 5.73 Å². The van der Waals surface area contributed by atoms with Crippen molar-refractivity contribution in [1.82, 2.24) is 0 Å². The maximum atomic E-state index is 13.3. The minimum absolute atomic E-state index is 0.138. The molecular formula is C13H18BrF2N. The van der Waals surface area contributed by atoms with E-state index in [0.29, 0.717) is 5.56 Å². The smallest absolute Gasteiger partial charge is 0.173 e. The lowest BCUT2D eigenvalue weighted by Gasteiger charge is -2.21. The molecular weight excluding hydrogens is 288 g/mol. The van der Waals surface area contributed by atoms with Crippen LogP contribution in [-0.4, -0.2) is 0 Å². The van der Waals surface area contributed by atoms with E-state index in [1.54, 1.807) is 0 Å². The molecule has 1 atom stereocenters. The molecule has 0 saturated heterocycles. The fourth-order valence-electron chi connectivity index (χ4n) is 1.57. The lowest BCUT2D eigenvalue weighted by molar-refractivity contribution is 0.349. The average Bonchev–Trinajstić information content (AvgIpc) is 2.22. The molecule has 0 aromatic heterocycles. The monoisotopic (exact) mass is 305 g/mol. The van der Waals surface area contributed by atoms with Crippen molar-refractivity contribution in [3.05, 3.63) is 33.8 Å². The van der Waals surface area contributed by atoms with Crippen molar-refractivity contribution in [1.29, 1.82) is 0 Å². The van der Waals surface area contributed by atoms with Crippen molar-refractivity contribution in [3.8, 4) is 0 Å². The highest BCUT2D eigenvalue weighted by Crippen LogP contribution is 2.31. The second kappa shape index (κ2) is 5.44. The van der Waals surface area contributed by atoms with E-state index in [0.717, 1.165) is 18.9 Å². The maximum Gasteiger partial charge on any atom is 0.173 e. The molecule has 0 aliphatic rings. The summed E-state index contributed by atoms with van der Waals surface area (Å²) < 4.78 is 26.4. The summed E-state index contributed by atoms with van der Waals surface area (Å²) in [6.45, 7) is 6.38. The van der Waals surface area contributed by atoms with Crippen molar-refractivity contribution in [3.63, 3.8) is 0 Å². The van der Waals surface area contributed by atoms with Crippen molar-refractivity contribution in [2.75, 3.05) is 0 Å². The van der Waals surface area contributed by atoms with Gasteiger partial charge in [0, 0.05) is 6.04 Å². The van der Waals surface area contributed by atoms with Crippen LogP contribution in [0.15, 0.2) is 16.6 Å². The van der Waals surface area contributed by atoms with Gasteiger partial charge in [0.25, 0.3) is 0 Å². The van der Waals surface area contributed by atoms with Gasteiger partial charge in [0.15, 0.2) is 11.6 Å². The van der Waals surface area contributed by atoms with Gasteiger partial charge >= 0.3 is 0 Å². The zero-order valence-electron chi connectivity index (χ0n) is 10.4. The van der Waals surface area contributed by atoms with Gasteiger partial charge in [0.2, 0.25) is 0 Å². The highest BCUT2D eigenvalue weighted by Gasteiger charge is 2.18. The Labute approximate surface area is 110 Å². The van der Waals surface area contributed by atoms with Crippen LogP contribution in [0.5, 0.6) is 0 Å². The predicted molar refractivity (Wildman–Crippen MR) is 69.7 cm³/mol. The Morgan fingerprint density at radius 3 is 2.41 bits per heavy atom. The first-order chi connectivity index (χ1) is 7.72. The van der Waals surface area contributed by atoms with Crippen LogP contribution in [-0.2, 0) is 0 Å². The van der Waals surface area contributed by atoms with Crippen LogP contribution in [0.2, 0.25) is 0 Å². The van der Waals surface area contributed by atoms with Crippen LogP contribution in [0.1, 0.15) is 45.2 Å². The SMILES string of the molecule is CC(C)(C)CCC(N)c1ccc(F)c(F)c1Br. The van der Waals surface area contributed by atoms with E-state index < -0.39 is 11.6 Å². The summed E-state index contributed by atoms with van der Waals surface area (Å²) in [4.78, 5) is 0. The van der Waals surface area contributed by atoms with Gasteiger partial charge in [-0.2, -0.15) is 0 Å². The van der Waals surface area contributed by atoms with Gasteiger partial charge in [0.1, 0.15) is 0 Å². The van der Waals surface area contributed by atoms with Crippen molar-refractivity contribution >= 4 is 15.9 Å². The normalized spacial score (nSPS) is 13.8. The summed E-state index contributed by atoms with van der Waals surface area (Å²) in [6, 6.07) is 2.38. The van der Waals surface area contributed by atoms with E-state index in [2.05, 4.69) is 36.7 Å². The molecule has 0 radical (unpaired) electrons. The molecule has 4 heteroatoms. The Morgan fingerprint density at radius 2 is 1.88 bits per heavy atom. The van der Waals surface area contributed by atoms with E-state index in [9.17, 15) is 8.78 Å². The third kappa shape index (κ3) is 4.03. The zero-order chi connectivity index (χ0) is 13.2. The summed E-state index contributed by atoms with van der Waals surface area (Å²) in [5, 5.41) is 0. The molecule has 1 rings (SSSR count). The topological polar surface area (TPSA) is 26.0 Å². The van der Waals surface area contributed by atoms with Crippen molar-refractivity contribution in [2.24, 2.45) is 11.1 Å². The van der Waals surface area contributed by atoms with E-state index in [-0.39, 0.29) is 15.9 Å². The number of hydrogen-bond donors (Lipinski definition) is 1. The lowest BCUT2D eigenvalue weighted by atomic mass is 9.87. The summed E-state index contributed by atoms with van der Waals surface area (Å²) in [6.07, 6.45) is 1.67. The van der Waals surface area contributed by atoms with Crippen LogP contribution >= 0.6 is 15.9 Å². The van der Waals surface area contributed by atoms with Crippen LogP contribution in [0.3, 0.4) is 0 Å². The molecule has 0 bridgehead atoms. The summed E-state index contributed by atoms with van der Waals surface area (Å²) in [5.41, 5.74) is 6.80. The van der Waals surface area contributed by atoms with E-state index >= 15 is 0 Å². The molecule has 0 spiro atoms. The molecule has 0 heterocycles. The Morgan fingerprint density at radius 1 is 1.29 bits per heavy atom. The van der Waals surface area contributed by atoms with Gasteiger partial charge in [-0.05, 0) is 45.8 Å². The molecule has 96 valence electrons. The van der Waals surface area contributed by atoms with Gasteiger partial charge in [-0.25, -0.2) is 8.78 Å². The van der Waals surface area contributed by atoms with Crippen molar-refractivity contribution < 1.29 is 8.78 Å². The quantitative estimate of drug-likeness (QED) is 0.814.